The molecule has 1 aromatic heterocycles. The molecule has 1 atom stereocenters. The van der Waals surface area contributed by atoms with Gasteiger partial charge < -0.3 is 14.6 Å². The first kappa shape index (κ1) is 18.6. The minimum Gasteiger partial charge on any atom is -0.480 e. The molecule has 1 aliphatic rings. The summed E-state index contributed by atoms with van der Waals surface area (Å²) >= 11 is 6.16. The molecule has 1 amide bonds. The van der Waals surface area contributed by atoms with Crippen LogP contribution in [-0.4, -0.2) is 28.6 Å². The molecule has 2 aromatic carbocycles. The smallest absolute Gasteiger partial charge is 0.323 e. The summed E-state index contributed by atoms with van der Waals surface area (Å²) < 4.78 is 1.83. The van der Waals surface area contributed by atoms with E-state index >= 15 is 0 Å². The average molecular weight is 397 g/mol. The largest absolute Gasteiger partial charge is 0.480 e. The second-order valence-electron chi connectivity index (χ2n) is 7.24. The maximum Gasteiger partial charge on any atom is 0.323 e. The number of para-hydroxylation sites is 1. The molecule has 3 aromatic rings. The zero-order valence-electron chi connectivity index (χ0n) is 15.6. The number of carbonyl (C=O) groups is 2. The number of carboxylic acids is 1. The van der Waals surface area contributed by atoms with Gasteiger partial charge in [0.1, 0.15) is 6.54 Å². The van der Waals surface area contributed by atoms with Gasteiger partial charge in [0, 0.05) is 34.8 Å². The molecule has 6 heteroatoms. The lowest BCUT2D eigenvalue weighted by atomic mass is 9.85. The third-order valence-corrected chi connectivity index (χ3v) is 5.78. The van der Waals surface area contributed by atoms with Crippen LogP contribution in [-0.2, 0) is 29.0 Å². The molecule has 1 heterocycles. The minimum atomic E-state index is -0.887. The van der Waals surface area contributed by atoms with E-state index in [1.54, 1.807) is 11.9 Å². The van der Waals surface area contributed by atoms with Gasteiger partial charge >= 0.3 is 5.97 Å². The highest BCUT2D eigenvalue weighted by Gasteiger charge is 2.31. The summed E-state index contributed by atoms with van der Waals surface area (Å²) in [5.41, 5.74) is 3.77. The number of aliphatic carboxylic acids is 1. The van der Waals surface area contributed by atoms with Crippen molar-refractivity contribution in [2.24, 2.45) is 5.92 Å². The van der Waals surface area contributed by atoms with Crippen molar-refractivity contribution in [1.82, 2.24) is 4.57 Å². The van der Waals surface area contributed by atoms with Crippen LogP contribution in [0.5, 0.6) is 0 Å². The molecule has 1 N–H and O–H groups in total. The summed E-state index contributed by atoms with van der Waals surface area (Å²) in [6.07, 6.45) is 1.98. The summed E-state index contributed by atoms with van der Waals surface area (Å²) in [6.45, 7) is -0.102. The first-order valence-electron chi connectivity index (χ1n) is 9.29. The molecule has 0 saturated heterocycles. The Hall–Kier alpha value is -2.79. The number of benzene rings is 2. The lowest BCUT2D eigenvalue weighted by molar-refractivity contribution is -0.137. The first-order chi connectivity index (χ1) is 13.5. The van der Waals surface area contributed by atoms with E-state index in [0.29, 0.717) is 24.3 Å². The second-order valence-corrected chi connectivity index (χ2v) is 7.68. The Labute approximate surface area is 168 Å². The van der Waals surface area contributed by atoms with Gasteiger partial charge in [-0.05, 0) is 49.1 Å². The van der Waals surface area contributed by atoms with Crippen molar-refractivity contribution in [3.63, 3.8) is 0 Å². The van der Waals surface area contributed by atoms with Gasteiger partial charge in [-0.15, -0.1) is 0 Å². The zero-order chi connectivity index (χ0) is 19.8. The van der Waals surface area contributed by atoms with Crippen LogP contribution in [0.3, 0.4) is 0 Å². The maximum absolute atomic E-state index is 13.1. The second kappa shape index (κ2) is 7.32. The number of halogens is 1. The molecule has 1 aliphatic carbocycles. The Balaban J connectivity index is 1.69. The van der Waals surface area contributed by atoms with Gasteiger partial charge in [-0.1, -0.05) is 35.9 Å². The van der Waals surface area contributed by atoms with Crippen LogP contribution in [0.1, 0.15) is 17.7 Å². The fourth-order valence-electron chi connectivity index (χ4n) is 4.20. The topological polar surface area (TPSA) is 62.5 Å². The number of hydrogen-bond acceptors (Lipinski definition) is 2. The molecular formula is C22H21ClN2O3. The van der Waals surface area contributed by atoms with E-state index in [2.05, 4.69) is 0 Å². The molecule has 0 radical (unpaired) electrons. The molecule has 28 heavy (non-hydrogen) atoms. The highest BCUT2D eigenvalue weighted by Crippen LogP contribution is 2.36. The summed E-state index contributed by atoms with van der Waals surface area (Å²) in [6, 6.07) is 15.2. The monoisotopic (exact) mass is 396 g/mol. The summed E-state index contributed by atoms with van der Waals surface area (Å²) in [5.74, 6) is -0.927. The predicted octanol–water partition coefficient (Wildman–Crippen LogP) is 4.15. The van der Waals surface area contributed by atoms with Crippen LogP contribution in [0.25, 0.3) is 10.9 Å². The highest BCUT2D eigenvalue weighted by atomic mass is 35.5. The Morgan fingerprint density at radius 3 is 2.68 bits per heavy atom. The van der Waals surface area contributed by atoms with Crippen molar-refractivity contribution in [3.8, 4) is 0 Å². The Kier molecular flexibility index (Phi) is 4.85. The number of rotatable bonds is 4. The molecule has 144 valence electrons. The van der Waals surface area contributed by atoms with E-state index in [1.165, 1.54) is 0 Å². The lowest BCUT2D eigenvalue weighted by Gasteiger charge is -2.27. The number of anilines is 1. The molecule has 0 aliphatic heterocycles. The number of fused-ring (bicyclic) bond motifs is 3. The van der Waals surface area contributed by atoms with Crippen molar-refractivity contribution in [2.75, 3.05) is 11.9 Å². The van der Waals surface area contributed by atoms with Crippen LogP contribution < -0.4 is 4.90 Å². The highest BCUT2D eigenvalue weighted by molar-refractivity contribution is 6.31. The van der Waals surface area contributed by atoms with E-state index in [-0.39, 0.29) is 18.4 Å². The fraction of sp³-hybridized carbons (Fsp3) is 0.273. The number of hydrogen-bond donors (Lipinski definition) is 1. The van der Waals surface area contributed by atoms with Gasteiger partial charge in [0.2, 0.25) is 5.91 Å². The third kappa shape index (κ3) is 3.27. The van der Waals surface area contributed by atoms with Crippen molar-refractivity contribution < 1.29 is 14.7 Å². The average Bonchev–Trinajstić information content (AvgIpc) is 2.99. The normalized spacial score (nSPS) is 16.0. The van der Waals surface area contributed by atoms with E-state index in [9.17, 15) is 14.7 Å². The van der Waals surface area contributed by atoms with Crippen LogP contribution in [0, 0.1) is 5.92 Å². The molecule has 5 nitrogen and oxygen atoms in total. The van der Waals surface area contributed by atoms with E-state index in [1.807, 2.05) is 53.1 Å². The Bertz CT molecular complexity index is 1060. The van der Waals surface area contributed by atoms with Gasteiger partial charge in [-0.25, -0.2) is 0 Å². The van der Waals surface area contributed by atoms with Gasteiger partial charge in [0.15, 0.2) is 0 Å². The zero-order valence-corrected chi connectivity index (χ0v) is 16.3. The Morgan fingerprint density at radius 2 is 1.96 bits per heavy atom. The molecule has 0 fully saturated rings. The molecule has 1 unspecified atom stereocenters. The number of nitrogens with zero attached hydrogens (tertiary/aromatic N) is 2. The van der Waals surface area contributed by atoms with Crippen LogP contribution >= 0.6 is 11.6 Å². The number of amides is 1. The van der Waals surface area contributed by atoms with Gasteiger partial charge in [0.05, 0.1) is 5.52 Å². The standard InChI is InChI=1S/C22H21ClN2O3/c1-24(16-5-3-2-4-6-16)22(28)14-7-10-19-18(11-14)17-9-8-15(23)12-20(17)25(19)13-21(26)27/h2-6,8-9,12,14H,7,10-11,13H2,1H3,(H,26,27). The molecule has 0 spiro atoms. The summed E-state index contributed by atoms with van der Waals surface area (Å²) in [7, 11) is 1.81. The van der Waals surface area contributed by atoms with E-state index in [0.717, 1.165) is 27.8 Å². The van der Waals surface area contributed by atoms with Crippen LogP contribution in [0.4, 0.5) is 5.69 Å². The lowest BCUT2D eigenvalue weighted by Crippen LogP contribution is -2.36. The number of aromatic nitrogens is 1. The Morgan fingerprint density at radius 1 is 1.21 bits per heavy atom. The van der Waals surface area contributed by atoms with E-state index in [4.69, 9.17) is 11.6 Å². The first-order valence-corrected chi connectivity index (χ1v) is 9.67. The van der Waals surface area contributed by atoms with Crippen molar-refractivity contribution in [1.29, 1.82) is 0 Å². The van der Waals surface area contributed by atoms with Crippen molar-refractivity contribution in [2.45, 2.75) is 25.8 Å². The summed E-state index contributed by atoms with van der Waals surface area (Å²) in [5, 5.41) is 10.9. The number of carboxylic acid groups (broad SMARTS) is 1. The minimum absolute atomic E-state index is 0.0879. The van der Waals surface area contributed by atoms with Crippen LogP contribution in [0.2, 0.25) is 5.02 Å². The number of carbonyl (C=O) groups excluding carboxylic acids is 1. The SMILES string of the molecule is CN(C(=O)C1CCc2c(c3ccc(Cl)cc3n2CC(=O)O)C1)c1ccccc1. The molecule has 0 saturated carbocycles. The fourth-order valence-corrected chi connectivity index (χ4v) is 4.37. The third-order valence-electron chi connectivity index (χ3n) is 5.55. The maximum atomic E-state index is 13.1. The predicted molar refractivity (Wildman–Crippen MR) is 110 cm³/mol. The van der Waals surface area contributed by atoms with Crippen LogP contribution in [0.15, 0.2) is 48.5 Å². The van der Waals surface area contributed by atoms with Gasteiger partial charge in [0.25, 0.3) is 0 Å². The van der Waals surface area contributed by atoms with Gasteiger partial charge in [-0.2, -0.15) is 0 Å². The summed E-state index contributed by atoms with van der Waals surface area (Å²) in [4.78, 5) is 26.2. The molecule has 4 rings (SSSR count). The molecular weight excluding hydrogens is 376 g/mol. The van der Waals surface area contributed by atoms with Gasteiger partial charge in [-0.3, -0.25) is 9.59 Å². The van der Waals surface area contributed by atoms with E-state index < -0.39 is 5.97 Å². The van der Waals surface area contributed by atoms with Crippen molar-refractivity contribution in [3.05, 3.63) is 64.8 Å². The van der Waals surface area contributed by atoms with Crippen molar-refractivity contribution >= 4 is 40.1 Å². The quantitative estimate of drug-likeness (QED) is 0.720. The molecule has 0 bridgehead atoms.